The second kappa shape index (κ2) is 5.32. The average Bonchev–Trinajstić information content (AvgIpc) is 2.22. The van der Waals surface area contributed by atoms with Crippen molar-refractivity contribution < 1.29 is 22.3 Å². The molecule has 9 heteroatoms. The molecule has 0 radical (unpaired) electrons. The zero-order chi connectivity index (χ0) is 13.1. The number of carbonyl (C=O) groups is 1. The van der Waals surface area contributed by atoms with Crippen LogP contribution in [0.1, 0.15) is 0 Å². The molecule has 0 saturated heterocycles. The summed E-state index contributed by atoms with van der Waals surface area (Å²) in [7, 11) is -3.07. The molecule has 0 saturated carbocycles. The summed E-state index contributed by atoms with van der Waals surface area (Å²) >= 11 is 2.90. The van der Waals surface area contributed by atoms with Crippen molar-refractivity contribution >= 4 is 37.9 Å². The molecule has 0 aromatic heterocycles. The zero-order valence-corrected chi connectivity index (χ0v) is 10.9. The summed E-state index contributed by atoms with van der Waals surface area (Å²) in [6, 6.07) is 3.49. The largest absolute Gasteiger partial charge is 0.452 e. The van der Waals surface area contributed by atoms with Gasteiger partial charge < -0.3 is 4.74 Å². The normalized spacial score (nSPS) is 10.8. The first-order chi connectivity index (χ1) is 7.84. The lowest BCUT2D eigenvalue weighted by Crippen LogP contribution is -2.35. The highest BCUT2D eigenvalue weighted by molar-refractivity contribution is 9.10. The van der Waals surface area contributed by atoms with E-state index in [1.807, 2.05) is 4.72 Å². The highest BCUT2D eigenvalue weighted by Gasteiger charge is 2.14. The predicted molar refractivity (Wildman–Crippen MR) is 62.2 cm³/mol. The lowest BCUT2D eigenvalue weighted by Gasteiger charge is -2.08. The van der Waals surface area contributed by atoms with Gasteiger partial charge in [-0.15, -0.1) is 0 Å². The number of methoxy groups -OCH3 is 1. The maximum Gasteiger partial charge on any atom is 0.422 e. The molecule has 0 aliphatic carbocycles. The van der Waals surface area contributed by atoms with Crippen molar-refractivity contribution in [2.75, 3.05) is 11.8 Å². The summed E-state index contributed by atoms with van der Waals surface area (Å²) in [5.74, 6) is -0.533. The quantitative estimate of drug-likeness (QED) is 0.883. The number of halogens is 2. The van der Waals surface area contributed by atoms with Gasteiger partial charge in [0.05, 0.1) is 17.3 Å². The lowest BCUT2D eigenvalue weighted by molar-refractivity contribution is 0.177. The number of benzene rings is 1. The summed E-state index contributed by atoms with van der Waals surface area (Å²) in [4.78, 5) is 10.7. The number of hydrogen-bond donors (Lipinski definition) is 2. The third-order valence-corrected chi connectivity index (χ3v) is 3.12. The Kier molecular flexibility index (Phi) is 4.29. The molecule has 6 nitrogen and oxygen atoms in total. The molecule has 1 rings (SSSR count). The van der Waals surface area contributed by atoms with E-state index in [4.69, 9.17) is 0 Å². The molecule has 2 N–H and O–H groups in total. The van der Waals surface area contributed by atoms with Crippen molar-refractivity contribution in [3.05, 3.63) is 28.5 Å². The van der Waals surface area contributed by atoms with Crippen LogP contribution in [0.4, 0.5) is 14.9 Å². The third kappa shape index (κ3) is 4.19. The van der Waals surface area contributed by atoms with Gasteiger partial charge in [-0.05, 0) is 34.1 Å². The van der Waals surface area contributed by atoms with Crippen LogP contribution in [0, 0.1) is 5.82 Å². The van der Waals surface area contributed by atoms with Crippen LogP contribution < -0.4 is 9.44 Å². The maximum absolute atomic E-state index is 12.9. The van der Waals surface area contributed by atoms with Crippen LogP contribution in [0.15, 0.2) is 22.7 Å². The van der Waals surface area contributed by atoms with Crippen molar-refractivity contribution in [1.29, 1.82) is 0 Å². The average molecular weight is 327 g/mol. The Morgan fingerprint density at radius 2 is 2.12 bits per heavy atom. The third-order valence-electron chi connectivity index (χ3n) is 1.57. The summed E-state index contributed by atoms with van der Waals surface area (Å²) in [6.07, 6.45) is -1.13. The van der Waals surface area contributed by atoms with Crippen LogP contribution >= 0.6 is 15.9 Å². The Balaban J connectivity index is 2.83. The van der Waals surface area contributed by atoms with E-state index in [9.17, 15) is 17.6 Å². The van der Waals surface area contributed by atoms with E-state index >= 15 is 0 Å². The van der Waals surface area contributed by atoms with Gasteiger partial charge in [0.2, 0.25) is 0 Å². The molecule has 0 spiro atoms. The van der Waals surface area contributed by atoms with Gasteiger partial charge in [0.25, 0.3) is 0 Å². The van der Waals surface area contributed by atoms with Crippen molar-refractivity contribution in [3.63, 3.8) is 0 Å². The van der Waals surface area contributed by atoms with E-state index in [1.54, 1.807) is 4.72 Å². The second-order valence-corrected chi connectivity index (χ2v) is 5.10. The molecule has 94 valence electrons. The van der Waals surface area contributed by atoms with Crippen molar-refractivity contribution in [1.82, 2.24) is 4.72 Å². The minimum absolute atomic E-state index is 0.0923. The molecule has 0 atom stereocenters. The molecular weight excluding hydrogens is 319 g/mol. The molecule has 0 unspecified atom stereocenters. The summed E-state index contributed by atoms with van der Waals surface area (Å²) in [5, 5.41) is 0. The van der Waals surface area contributed by atoms with E-state index in [1.165, 1.54) is 12.1 Å². The molecule has 1 aromatic carbocycles. The van der Waals surface area contributed by atoms with Gasteiger partial charge in [-0.25, -0.2) is 13.9 Å². The van der Waals surface area contributed by atoms with E-state index < -0.39 is 22.1 Å². The molecule has 0 bridgehead atoms. The fourth-order valence-electron chi connectivity index (χ4n) is 0.892. The van der Waals surface area contributed by atoms with E-state index in [2.05, 4.69) is 20.7 Å². The fraction of sp³-hybridized carbons (Fsp3) is 0.125. The van der Waals surface area contributed by atoms with Gasteiger partial charge in [0.1, 0.15) is 5.82 Å². The van der Waals surface area contributed by atoms with Crippen molar-refractivity contribution in [2.24, 2.45) is 0 Å². The molecule has 0 fully saturated rings. The van der Waals surface area contributed by atoms with Gasteiger partial charge in [-0.1, -0.05) is 0 Å². The first-order valence-electron chi connectivity index (χ1n) is 4.17. The number of nitrogens with one attached hydrogen (secondary N) is 2. The number of hydrogen-bond acceptors (Lipinski definition) is 4. The van der Waals surface area contributed by atoms with E-state index in [-0.39, 0.29) is 10.2 Å². The Morgan fingerprint density at radius 1 is 1.47 bits per heavy atom. The highest BCUT2D eigenvalue weighted by atomic mass is 79.9. The Bertz CT molecular complexity index is 534. The van der Waals surface area contributed by atoms with Crippen LogP contribution in [-0.2, 0) is 14.9 Å². The predicted octanol–water partition coefficient (Wildman–Crippen LogP) is 1.60. The molecule has 0 aliphatic heterocycles. The van der Waals surface area contributed by atoms with Gasteiger partial charge in [-0.3, -0.25) is 4.72 Å². The zero-order valence-electron chi connectivity index (χ0n) is 8.53. The summed E-state index contributed by atoms with van der Waals surface area (Å²) in [6.45, 7) is 0. The van der Waals surface area contributed by atoms with Gasteiger partial charge in [-0.2, -0.15) is 8.42 Å². The van der Waals surface area contributed by atoms with Crippen LogP contribution in [0.25, 0.3) is 0 Å². The molecule has 1 aromatic rings. The van der Waals surface area contributed by atoms with Gasteiger partial charge in [0.15, 0.2) is 0 Å². The molecule has 1 amide bonds. The minimum Gasteiger partial charge on any atom is -0.452 e. The molecule has 0 heterocycles. The molecule has 17 heavy (non-hydrogen) atoms. The van der Waals surface area contributed by atoms with Crippen LogP contribution in [0.5, 0.6) is 0 Å². The van der Waals surface area contributed by atoms with Crippen molar-refractivity contribution in [2.45, 2.75) is 0 Å². The number of amides is 1. The van der Waals surface area contributed by atoms with Crippen LogP contribution in [-0.4, -0.2) is 21.6 Å². The fourth-order valence-corrected chi connectivity index (χ4v) is 2.06. The number of rotatable bonds is 3. The number of ether oxygens (including phenoxy) is 1. The van der Waals surface area contributed by atoms with Crippen LogP contribution in [0.3, 0.4) is 0 Å². The number of anilines is 1. The number of carbonyl (C=O) groups excluding carboxylic acids is 1. The Hall–Kier alpha value is -1.35. The monoisotopic (exact) mass is 326 g/mol. The van der Waals surface area contributed by atoms with Crippen LogP contribution in [0.2, 0.25) is 0 Å². The lowest BCUT2D eigenvalue weighted by atomic mass is 10.3. The Morgan fingerprint density at radius 3 is 2.65 bits per heavy atom. The smallest absolute Gasteiger partial charge is 0.422 e. The summed E-state index contributed by atoms with van der Waals surface area (Å²) < 4.78 is 43.4. The standard InChI is InChI=1S/C8H8BrFN2O4S/c1-16-8(13)12-17(14,15)11-5-2-3-7(10)6(9)4-5/h2-4,11H,1H3,(H,12,13). The van der Waals surface area contributed by atoms with Gasteiger partial charge >= 0.3 is 16.3 Å². The maximum atomic E-state index is 12.9. The SMILES string of the molecule is COC(=O)NS(=O)(=O)Nc1ccc(F)c(Br)c1. The molecule has 0 aliphatic rings. The topological polar surface area (TPSA) is 84.5 Å². The Labute approximate surface area is 105 Å². The second-order valence-electron chi connectivity index (χ2n) is 2.83. The van der Waals surface area contributed by atoms with E-state index in [0.29, 0.717) is 0 Å². The first kappa shape index (κ1) is 13.7. The molecular formula is C8H8BrFN2O4S. The minimum atomic E-state index is -4.09. The van der Waals surface area contributed by atoms with E-state index in [0.717, 1.165) is 13.2 Å². The van der Waals surface area contributed by atoms with Crippen molar-refractivity contribution in [3.8, 4) is 0 Å². The first-order valence-corrected chi connectivity index (χ1v) is 6.45. The van der Waals surface area contributed by atoms with Gasteiger partial charge in [0, 0.05) is 0 Å². The highest BCUT2D eigenvalue weighted by Crippen LogP contribution is 2.20. The summed E-state index contributed by atoms with van der Waals surface area (Å²) in [5.41, 5.74) is 0.0923.